The number of hydrogen-bond acceptors (Lipinski definition) is 7. The Hall–Kier alpha value is -2.97. The van der Waals surface area contributed by atoms with E-state index in [1.54, 1.807) is 42.7 Å². The molecule has 1 aromatic carbocycles. The van der Waals surface area contributed by atoms with Gasteiger partial charge in [-0.15, -0.1) is 0 Å². The molecule has 2 aliphatic rings. The van der Waals surface area contributed by atoms with Crippen LogP contribution in [0.15, 0.2) is 48.4 Å². The van der Waals surface area contributed by atoms with E-state index >= 15 is 0 Å². The number of piperazine rings is 1. The van der Waals surface area contributed by atoms with Gasteiger partial charge in [0.05, 0.1) is 5.57 Å². The van der Waals surface area contributed by atoms with Gasteiger partial charge in [0, 0.05) is 63.4 Å². The first-order valence-electron chi connectivity index (χ1n) is 10.8. The molecule has 0 N–H and O–H groups in total. The lowest BCUT2D eigenvalue weighted by molar-refractivity contribution is -0.137. The highest BCUT2D eigenvalue weighted by molar-refractivity contribution is 6.36. The fraction of sp³-hybridized carbons (Fsp3) is 0.391. The van der Waals surface area contributed by atoms with Crippen LogP contribution >= 0.6 is 11.6 Å². The van der Waals surface area contributed by atoms with Gasteiger partial charge in [-0.3, -0.25) is 14.5 Å². The molecule has 4 rings (SSSR count). The molecule has 168 valence electrons. The Labute approximate surface area is 192 Å². The van der Waals surface area contributed by atoms with E-state index in [1.807, 2.05) is 11.8 Å². The number of ether oxygens (including phenoxy) is 1. The molecule has 0 spiro atoms. The van der Waals surface area contributed by atoms with E-state index in [0.717, 1.165) is 0 Å². The van der Waals surface area contributed by atoms with Gasteiger partial charge < -0.3 is 14.5 Å². The summed E-state index contributed by atoms with van der Waals surface area (Å²) in [6.07, 6.45) is 4.04. The Morgan fingerprint density at radius 2 is 1.62 bits per heavy atom. The molecule has 2 aliphatic heterocycles. The van der Waals surface area contributed by atoms with Gasteiger partial charge in [0.1, 0.15) is 5.70 Å². The first-order valence-corrected chi connectivity index (χ1v) is 11.2. The van der Waals surface area contributed by atoms with Crippen LogP contribution in [-0.4, -0.2) is 77.5 Å². The van der Waals surface area contributed by atoms with Crippen molar-refractivity contribution in [3.8, 4) is 0 Å². The molecule has 0 aliphatic carbocycles. The molecular formula is C23H26ClN5O3. The highest BCUT2D eigenvalue weighted by Crippen LogP contribution is 2.33. The number of carbonyl (C=O) groups is 2. The summed E-state index contributed by atoms with van der Waals surface area (Å²) >= 11 is 6.05. The van der Waals surface area contributed by atoms with Crippen LogP contribution in [0, 0.1) is 0 Å². The molecule has 0 unspecified atom stereocenters. The number of nitrogens with zero attached hydrogens (tertiary/aromatic N) is 5. The Balaban J connectivity index is 1.57. The lowest BCUT2D eigenvalue weighted by atomic mass is 10.0. The van der Waals surface area contributed by atoms with Gasteiger partial charge in [-0.05, 0) is 37.1 Å². The molecule has 9 heteroatoms. The van der Waals surface area contributed by atoms with Gasteiger partial charge in [-0.25, -0.2) is 9.97 Å². The fourth-order valence-electron chi connectivity index (χ4n) is 3.99. The van der Waals surface area contributed by atoms with Gasteiger partial charge in [0.15, 0.2) is 0 Å². The maximum atomic E-state index is 13.4. The largest absolute Gasteiger partial charge is 0.382 e. The minimum absolute atomic E-state index is 0.249. The number of hydrogen-bond donors (Lipinski definition) is 0. The first-order chi connectivity index (χ1) is 15.6. The number of rotatable bonds is 8. The molecule has 0 atom stereocenters. The number of benzene rings is 1. The van der Waals surface area contributed by atoms with Crippen molar-refractivity contribution >= 4 is 34.9 Å². The number of aromatic nitrogens is 2. The van der Waals surface area contributed by atoms with Crippen LogP contribution in [0.5, 0.6) is 0 Å². The van der Waals surface area contributed by atoms with E-state index in [9.17, 15) is 9.59 Å². The van der Waals surface area contributed by atoms with E-state index in [0.29, 0.717) is 80.2 Å². The summed E-state index contributed by atoms with van der Waals surface area (Å²) in [6.45, 7) is 5.87. The summed E-state index contributed by atoms with van der Waals surface area (Å²) in [5.41, 5.74) is 1.60. The predicted molar refractivity (Wildman–Crippen MR) is 122 cm³/mol. The molecule has 8 nitrogen and oxygen atoms in total. The molecule has 32 heavy (non-hydrogen) atoms. The summed E-state index contributed by atoms with van der Waals surface area (Å²) in [6, 6.07) is 8.84. The molecule has 3 heterocycles. The normalized spacial score (nSPS) is 17.0. The van der Waals surface area contributed by atoms with Crippen molar-refractivity contribution in [2.24, 2.45) is 0 Å². The van der Waals surface area contributed by atoms with E-state index < -0.39 is 0 Å². The summed E-state index contributed by atoms with van der Waals surface area (Å²) in [4.78, 5) is 40.8. The number of amides is 2. The number of halogens is 1. The molecule has 1 fully saturated rings. The first kappa shape index (κ1) is 22.2. The highest BCUT2D eigenvalue weighted by atomic mass is 35.5. The van der Waals surface area contributed by atoms with Crippen molar-refractivity contribution in [3.05, 3.63) is 59.0 Å². The summed E-state index contributed by atoms with van der Waals surface area (Å²) in [5.74, 6) is 0.156. The molecular weight excluding hydrogens is 430 g/mol. The second-order valence-corrected chi connectivity index (χ2v) is 8.00. The van der Waals surface area contributed by atoms with E-state index in [1.165, 1.54) is 4.90 Å². The fourth-order valence-corrected chi connectivity index (χ4v) is 4.12. The smallest absolute Gasteiger partial charge is 0.277 e. The van der Waals surface area contributed by atoms with Gasteiger partial charge in [-0.2, -0.15) is 0 Å². The Morgan fingerprint density at radius 3 is 2.28 bits per heavy atom. The van der Waals surface area contributed by atoms with Gasteiger partial charge >= 0.3 is 0 Å². The van der Waals surface area contributed by atoms with E-state index in [4.69, 9.17) is 16.3 Å². The van der Waals surface area contributed by atoms with Crippen LogP contribution in [0.2, 0.25) is 5.02 Å². The number of anilines is 1. The summed E-state index contributed by atoms with van der Waals surface area (Å²) < 4.78 is 5.38. The minimum Gasteiger partial charge on any atom is -0.382 e. The van der Waals surface area contributed by atoms with Crippen molar-refractivity contribution in [1.29, 1.82) is 0 Å². The van der Waals surface area contributed by atoms with Crippen LogP contribution in [-0.2, 0) is 14.3 Å². The lowest BCUT2D eigenvalue weighted by Crippen LogP contribution is -2.48. The lowest BCUT2D eigenvalue weighted by Gasteiger charge is -2.36. The maximum absolute atomic E-state index is 13.4. The van der Waals surface area contributed by atoms with E-state index in [2.05, 4.69) is 14.9 Å². The molecule has 2 aromatic rings. The second-order valence-electron chi connectivity index (χ2n) is 7.57. The highest BCUT2D eigenvalue weighted by Gasteiger charge is 2.42. The zero-order valence-corrected chi connectivity index (χ0v) is 18.8. The maximum Gasteiger partial charge on any atom is 0.277 e. The number of carbonyl (C=O) groups excluding carboxylic acids is 2. The molecule has 1 aromatic heterocycles. The van der Waals surface area contributed by atoms with Gasteiger partial charge in [0.25, 0.3) is 11.8 Å². The molecule has 2 amide bonds. The van der Waals surface area contributed by atoms with Crippen molar-refractivity contribution in [1.82, 2.24) is 19.8 Å². The summed E-state index contributed by atoms with van der Waals surface area (Å²) in [5, 5.41) is 0.581. The molecule has 0 radical (unpaired) electrons. The Bertz CT molecular complexity index is 988. The molecule has 1 saturated heterocycles. The summed E-state index contributed by atoms with van der Waals surface area (Å²) in [7, 11) is 0. The third-order valence-electron chi connectivity index (χ3n) is 5.58. The topological polar surface area (TPSA) is 78.9 Å². The van der Waals surface area contributed by atoms with Gasteiger partial charge in [-0.1, -0.05) is 23.7 Å². The average molecular weight is 456 g/mol. The van der Waals surface area contributed by atoms with Crippen molar-refractivity contribution in [2.45, 2.75) is 13.3 Å². The van der Waals surface area contributed by atoms with Crippen LogP contribution in [0.25, 0.3) is 5.57 Å². The van der Waals surface area contributed by atoms with Crippen LogP contribution in [0.1, 0.15) is 18.9 Å². The van der Waals surface area contributed by atoms with Crippen LogP contribution in [0.4, 0.5) is 5.95 Å². The Morgan fingerprint density at radius 1 is 0.969 bits per heavy atom. The second kappa shape index (κ2) is 10.1. The standard InChI is InChI=1S/C23H26ClN5O3/c1-2-32-16-4-11-29-21(30)19(17-5-7-18(24)8-6-17)20(22(29)31)27-12-14-28(15-13-27)23-25-9-3-10-26-23/h3,5-10H,2,4,11-16H2,1H3. The monoisotopic (exact) mass is 455 g/mol. The zero-order valence-electron chi connectivity index (χ0n) is 18.0. The van der Waals surface area contributed by atoms with Crippen LogP contribution in [0.3, 0.4) is 0 Å². The minimum atomic E-state index is -0.266. The average Bonchev–Trinajstić information content (AvgIpc) is 3.07. The quantitative estimate of drug-likeness (QED) is 0.447. The van der Waals surface area contributed by atoms with Crippen molar-refractivity contribution < 1.29 is 14.3 Å². The van der Waals surface area contributed by atoms with Gasteiger partial charge in [0.2, 0.25) is 5.95 Å². The molecule has 0 saturated carbocycles. The third kappa shape index (κ3) is 4.61. The molecule has 0 bridgehead atoms. The Kier molecular flexibility index (Phi) is 7.02. The predicted octanol–water partition coefficient (Wildman–Crippen LogP) is 2.46. The van der Waals surface area contributed by atoms with Crippen molar-refractivity contribution in [3.63, 3.8) is 0 Å². The van der Waals surface area contributed by atoms with E-state index in [-0.39, 0.29) is 11.8 Å². The SMILES string of the molecule is CCOCCCN1C(=O)C(c2ccc(Cl)cc2)=C(N2CCN(c3ncccn3)CC2)C1=O. The zero-order chi connectivity index (χ0) is 22.5. The van der Waals surface area contributed by atoms with Crippen LogP contribution < -0.4 is 4.90 Å². The van der Waals surface area contributed by atoms with Crippen molar-refractivity contribution in [2.75, 3.05) is 50.8 Å². The third-order valence-corrected chi connectivity index (χ3v) is 5.83. The number of imide groups is 1.